The molecule has 0 spiro atoms. The molecule has 0 radical (unpaired) electrons. The lowest BCUT2D eigenvalue weighted by Gasteiger charge is -2.36. The Morgan fingerprint density at radius 2 is 1.78 bits per heavy atom. The minimum absolute atomic E-state index is 0.223. The van der Waals surface area contributed by atoms with Gasteiger partial charge in [-0.2, -0.15) is 5.06 Å². The second-order valence-corrected chi connectivity index (χ2v) is 9.16. The molecular formula is C24H37N5O3. The van der Waals surface area contributed by atoms with Crippen molar-refractivity contribution in [2.24, 2.45) is 5.92 Å². The Morgan fingerprint density at radius 3 is 2.53 bits per heavy atom. The van der Waals surface area contributed by atoms with E-state index in [-0.39, 0.29) is 11.8 Å². The lowest BCUT2D eigenvalue weighted by molar-refractivity contribution is -0.182. The van der Waals surface area contributed by atoms with E-state index in [9.17, 15) is 9.59 Å². The Bertz CT molecular complexity index is 732. The fourth-order valence-electron chi connectivity index (χ4n) is 4.94. The van der Waals surface area contributed by atoms with Crippen molar-refractivity contribution in [3.8, 4) is 0 Å². The third kappa shape index (κ3) is 6.42. The van der Waals surface area contributed by atoms with E-state index >= 15 is 0 Å². The number of rotatable bonds is 7. The van der Waals surface area contributed by atoms with E-state index in [1.165, 1.54) is 0 Å². The summed E-state index contributed by atoms with van der Waals surface area (Å²) in [5, 5.41) is 1.94. The second-order valence-electron chi connectivity index (χ2n) is 9.16. The maximum Gasteiger partial charge on any atom is 0.223 e. The molecule has 0 unspecified atom stereocenters. The van der Waals surface area contributed by atoms with Gasteiger partial charge in [0.25, 0.3) is 0 Å². The molecule has 8 heteroatoms. The first-order valence-electron chi connectivity index (χ1n) is 12.3. The van der Waals surface area contributed by atoms with Gasteiger partial charge in [0.05, 0.1) is 6.61 Å². The molecule has 3 saturated heterocycles. The van der Waals surface area contributed by atoms with Crippen LogP contribution in [0.15, 0.2) is 24.4 Å². The number of carbonyl (C=O) groups excluding carboxylic acids is 2. The van der Waals surface area contributed by atoms with Gasteiger partial charge in [-0.05, 0) is 50.2 Å². The number of likely N-dealkylation sites (tertiary alicyclic amines) is 1. The normalized spacial score (nSPS) is 22.8. The van der Waals surface area contributed by atoms with E-state index in [0.29, 0.717) is 25.3 Å². The van der Waals surface area contributed by atoms with Crippen molar-refractivity contribution in [2.75, 3.05) is 63.9 Å². The second kappa shape index (κ2) is 11.6. The average Bonchev–Trinajstić information content (AvgIpc) is 2.87. The SMILES string of the molecule is O=C(CC[C@H]1CCCN(C(=O)CCN2CCCCO2)C1)N1CCN(c2ccccn2)CC1. The van der Waals surface area contributed by atoms with Crippen LogP contribution in [0.2, 0.25) is 0 Å². The fourth-order valence-corrected chi connectivity index (χ4v) is 4.94. The van der Waals surface area contributed by atoms with Gasteiger partial charge in [-0.25, -0.2) is 4.98 Å². The number of carbonyl (C=O) groups is 2. The van der Waals surface area contributed by atoms with Crippen LogP contribution >= 0.6 is 0 Å². The van der Waals surface area contributed by atoms with E-state index < -0.39 is 0 Å². The summed E-state index contributed by atoms with van der Waals surface area (Å²) in [7, 11) is 0. The zero-order valence-electron chi connectivity index (χ0n) is 19.2. The highest BCUT2D eigenvalue weighted by Gasteiger charge is 2.26. The topological polar surface area (TPSA) is 69.2 Å². The Kier molecular flexibility index (Phi) is 8.34. The highest BCUT2D eigenvalue weighted by molar-refractivity contribution is 5.77. The molecule has 0 aliphatic carbocycles. The number of nitrogens with zero attached hydrogens (tertiary/aromatic N) is 5. The zero-order chi connectivity index (χ0) is 22.2. The monoisotopic (exact) mass is 443 g/mol. The van der Waals surface area contributed by atoms with Gasteiger partial charge in [-0.15, -0.1) is 0 Å². The summed E-state index contributed by atoms with van der Waals surface area (Å²) >= 11 is 0. The molecule has 8 nitrogen and oxygen atoms in total. The first-order chi connectivity index (χ1) is 15.7. The summed E-state index contributed by atoms with van der Waals surface area (Å²) in [5.41, 5.74) is 0. The first-order valence-corrected chi connectivity index (χ1v) is 12.3. The van der Waals surface area contributed by atoms with Gasteiger partial charge in [-0.3, -0.25) is 14.4 Å². The molecule has 3 aliphatic heterocycles. The molecule has 32 heavy (non-hydrogen) atoms. The van der Waals surface area contributed by atoms with Crippen molar-refractivity contribution in [1.29, 1.82) is 0 Å². The quantitative estimate of drug-likeness (QED) is 0.643. The van der Waals surface area contributed by atoms with Crippen LogP contribution in [0.25, 0.3) is 0 Å². The van der Waals surface area contributed by atoms with E-state index in [2.05, 4.69) is 9.88 Å². The zero-order valence-corrected chi connectivity index (χ0v) is 19.2. The number of hydrogen-bond donors (Lipinski definition) is 0. The molecule has 176 valence electrons. The molecule has 0 bridgehead atoms. The van der Waals surface area contributed by atoms with Gasteiger partial charge in [0.15, 0.2) is 0 Å². The van der Waals surface area contributed by atoms with Crippen LogP contribution in [0, 0.1) is 5.92 Å². The molecule has 1 aromatic rings. The predicted molar refractivity (Wildman–Crippen MR) is 123 cm³/mol. The Labute approximate surface area is 191 Å². The van der Waals surface area contributed by atoms with Crippen molar-refractivity contribution < 1.29 is 14.4 Å². The average molecular weight is 444 g/mol. The summed E-state index contributed by atoms with van der Waals surface area (Å²) in [6, 6.07) is 5.94. The summed E-state index contributed by atoms with van der Waals surface area (Å²) in [6.45, 7) is 7.18. The number of pyridine rings is 1. The van der Waals surface area contributed by atoms with Crippen molar-refractivity contribution >= 4 is 17.6 Å². The maximum atomic E-state index is 12.8. The van der Waals surface area contributed by atoms with Gasteiger partial charge in [-0.1, -0.05) is 6.07 Å². The first kappa shape index (κ1) is 23.0. The van der Waals surface area contributed by atoms with Gasteiger partial charge in [0.2, 0.25) is 11.8 Å². The van der Waals surface area contributed by atoms with Crippen molar-refractivity contribution in [2.45, 2.75) is 44.9 Å². The number of aromatic nitrogens is 1. The van der Waals surface area contributed by atoms with Gasteiger partial charge in [0.1, 0.15) is 5.82 Å². The van der Waals surface area contributed by atoms with E-state index in [1.54, 1.807) is 0 Å². The molecule has 4 heterocycles. The largest absolute Gasteiger partial charge is 0.353 e. The molecule has 3 fully saturated rings. The van der Waals surface area contributed by atoms with E-state index in [1.807, 2.05) is 39.3 Å². The molecule has 0 N–H and O–H groups in total. The van der Waals surface area contributed by atoms with E-state index in [0.717, 1.165) is 90.3 Å². The third-order valence-corrected chi connectivity index (χ3v) is 6.89. The molecule has 3 aliphatic rings. The molecule has 1 aromatic heterocycles. The highest BCUT2D eigenvalue weighted by atomic mass is 16.7. The van der Waals surface area contributed by atoms with Crippen molar-refractivity contribution in [3.63, 3.8) is 0 Å². The molecule has 1 atom stereocenters. The maximum absolute atomic E-state index is 12.8. The Balaban J connectivity index is 1.15. The van der Waals surface area contributed by atoms with Crippen LogP contribution in [0.1, 0.15) is 44.9 Å². The summed E-state index contributed by atoms with van der Waals surface area (Å²) in [5.74, 6) is 1.88. The number of anilines is 1. The fraction of sp³-hybridized carbons (Fsp3) is 0.708. The van der Waals surface area contributed by atoms with Crippen LogP contribution in [-0.4, -0.2) is 90.6 Å². The number of piperidine rings is 1. The summed E-state index contributed by atoms with van der Waals surface area (Å²) in [6.07, 6.45) is 8.19. The molecule has 4 rings (SSSR count). The number of hydroxylamine groups is 2. The lowest BCUT2D eigenvalue weighted by atomic mass is 9.93. The van der Waals surface area contributed by atoms with E-state index in [4.69, 9.17) is 4.84 Å². The molecule has 2 amide bonds. The lowest BCUT2D eigenvalue weighted by Crippen LogP contribution is -2.49. The Hall–Kier alpha value is -2.19. The van der Waals surface area contributed by atoms with Crippen molar-refractivity contribution in [1.82, 2.24) is 19.8 Å². The summed E-state index contributed by atoms with van der Waals surface area (Å²) < 4.78 is 0. The van der Waals surface area contributed by atoms with Crippen LogP contribution in [0.5, 0.6) is 0 Å². The molecule has 0 saturated carbocycles. The predicted octanol–water partition coefficient (Wildman–Crippen LogP) is 2.17. The van der Waals surface area contributed by atoms with Gasteiger partial charge >= 0.3 is 0 Å². The minimum Gasteiger partial charge on any atom is -0.353 e. The number of piperazine rings is 1. The molecular weight excluding hydrogens is 406 g/mol. The van der Waals surface area contributed by atoms with Crippen LogP contribution < -0.4 is 4.90 Å². The van der Waals surface area contributed by atoms with Crippen LogP contribution in [0.4, 0.5) is 5.82 Å². The molecule has 0 aromatic carbocycles. The van der Waals surface area contributed by atoms with Crippen molar-refractivity contribution in [3.05, 3.63) is 24.4 Å². The van der Waals surface area contributed by atoms with Gasteiger partial charge < -0.3 is 14.7 Å². The Morgan fingerprint density at radius 1 is 0.938 bits per heavy atom. The number of amides is 2. The number of hydrogen-bond acceptors (Lipinski definition) is 6. The minimum atomic E-state index is 0.223. The van der Waals surface area contributed by atoms with Crippen LogP contribution in [-0.2, 0) is 14.4 Å². The van der Waals surface area contributed by atoms with Gasteiger partial charge in [0, 0.05) is 71.4 Å². The summed E-state index contributed by atoms with van der Waals surface area (Å²) in [4.78, 5) is 41.7. The van der Waals surface area contributed by atoms with Crippen LogP contribution in [0.3, 0.4) is 0 Å². The highest BCUT2D eigenvalue weighted by Crippen LogP contribution is 2.23. The smallest absolute Gasteiger partial charge is 0.223 e. The third-order valence-electron chi connectivity index (χ3n) is 6.89. The standard InChI is InChI=1S/C24H37N5O3/c30-23(27-17-15-26(16-18-27)22-7-1-2-11-25-22)9-8-21-6-5-12-28(20-21)24(31)10-14-29-13-3-4-19-32-29/h1-2,7,11,21H,3-6,8-10,12-20H2/t21-/m1/s1.